The van der Waals surface area contributed by atoms with Gasteiger partial charge in [0.1, 0.15) is 6.04 Å². The first-order valence-corrected chi connectivity index (χ1v) is 12.6. The van der Waals surface area contributed by atoms with Crippen molar-refractivity contribution in [3.8, 4) is 0 Å². The fourth-order valence-electron chi connectivity index (χ4n) is 5.79. The Labute approximate surface area is 220 Å². The molecule has 3 aromatic carbocycles. The van der Waals surface area contributed by atoms with E-state index < -0.39 is 40.7 Å². The van der Waals surface area contributed by atoms with Gasteiger partial charge in [0, 0.05) is 27.9 Å². The molecule has 37 heavy (non-hydrogen) atoms. The molecule has 0 N–H and O–H groups in total. The summed E-state index contributed by atoms with van der Waals surface area (Å²) in [6.45, 7) is 1.70. The maximum absolute atomic E-state index is 14.0. The number of aryl methyl sites for hydroxylation is 1. The second-order valence-corrected chi connectivity index (χ2v) is 10.3. The normalized spacial score (nSPS) is 23.6. The van der Waals surface area contributed by atoms with Crippen LogP contribution in [0.2, 0.25) is 0 Å². The third-order valence-corrected chi connectivity index (χ3v) is 7.99. The van der Waals surface area contributed by atoms with E-state index in [0.717, 1.165) is 20.6 Å². The Morgan fingerprint density at radius 3 is 2.38 bits per heavy atom. The van der Waals surface area contributed by atoms with E-state index in [1.165, 1.54) is 18.2 Å². The molecule has 4 atom stereocenters. The summed E-state index contributed by atoms with van der Waals surface area (Å²) in [7, 11) is 0. The number of rotatable bonds is 4. The summed E-state index contributed by atoms with van der Waals surface area (Å²) < 4.78 is 0.817. The van der Waals surface area contributed by atoms with Gasteiger partial charge in [-0.25, -0.2) is 4.90 Å². The van der Waals surface area contributed by atoms with Crippen molar-refractivity contribution in [1.82, 2.24) is 0 Å². The third-order valence-electron chi connectivity index (χ3n) is 7.46. The molecule has 184 valence electrons. The Bertz CT molecular complexity index is 1530. The zero-order valence-corrected chi connectivity index (χ0v) is 21.2. The molecule has 0 aliphatic carbocycles. The minimum Gasteiger partial charge on any atom is -0.352 e. The molecular weight excluding hydrogens is 538 g/mol. The lowest BCUT2D eigenvalue weighted by Gasteiger charge is -2.36. The van der Waals surface area contributed by atoms with E-state index in [1.807, 2.05) is 41.3 Å². The first-order valence-electron chi connectivity index (χ1n) is 11.8. The highest BCUT2D eigenvalue weighted by molar-refractivity contribution is 9.10. The number of carbonyl (C=O) groups excluding carboxylic acids is 3. The summed E-state index contributed by atoms with van der Waals surface area (Å²) >= 11 is 3.39. The molecule has 0 aromatic heterocycles. The second-order valence-electron chi connectivity index (χ2n) is 9.42. The molecular formula is C28H20BrN3O5. The number of amides is 2. The number of halogens is 1. The minimum absolute atomic E-state index is 0.181. The second kappa shape index (κ2) is 8.48. The fraction of sp³-hybridized carbons (Fsp3) is 0.179. The van der Waals surface area contributed by atoms with Gasteiger partial charge >= 0.3 is 0 Å². The van der Waals surface area contributed by atoms with E-state index in [0.29, 0.717) is 11.1 Å². The molecule has 9 heteroatoms. The molecule has 0 bridgehead atoms. The summed E-state index contributed by atoms with van der Waals surface area (Å²) in [5.41, 5.74) is 2.65. The highest BCUT2D eigenvalue weighted by Crippen LogP contribution is 2.50. The van der Waals surface area contributed by atoms with Crippen LogP contribution in [-0.2, 0) is 9.59 Å². The molecule has 0 radical (unpaired) electrons. The zero-order valence-electron chi connectivity index (χ0n) is 19.6. The van der Waals surface area contributed by atoms with Crippen LogP contribution in [0.1, 0.15) is 21.5 Å². The number of ketones is 1. The number of hydrogen-bond acceptors (Lipinski definition) is 6. The Morgan fingerprint density at radius 2 is 1.65 bits per heavy atom. The fourth-order valence-corrected chi connectivity index (χ4v) is 6.05. The van der Waals surface area contributed by atoms with Crippen LogP contribution in [-0.4, -0.2) is 34.6 Å². The van der Waals surface area contributed by atoms with Crippen LogP contribution in [0.25, 0.3) is 6.08 Å². The first-order chi connectivity index (χ1) is 17.8. The topological polar surface area (TPSA) is 101 Å². The van der Waals surface area contributed by atoms with Crippen molar-refractivity contribution < 1.29 is 19.3 Å². The lowest BCUT2D eigenvalue weighted by Crippen LogP contribution is -2.49. The zero-order chi connectivity index (χ0) is 26.0. The van der Waals surface area contributed by atoms with Crippen LogP contribution in [0, 0.1) is 28.9 Å². The Balaban J connectivity index is 1.50. The number of nitrogens with zero attached hydrogens (tertiary/aromatic N) is 3. The van der Waals surface area contributed by atoms with Gasteiger partial charge in [-0.05, 0) is 36.2 Å². The standard InChI is InChI=1S/C28H20BrN3O5/c1-15-6-12-19(32(36)37)14-22(15)31-27(34)23-21-13-9-16-4-2-3-5-20(16)30(21)25(24(23)28(31)35)26(33)17-7-10-18(29)11-8-17/h2-14,21,23-25H,1H3/t21-,23-,24+,25-/m0/s1. The van der Waals surface area contributed by atoms with Gasteiger partial charge in [0.25, 0.3) is 5.69 Å². The van der Waals surface area contributed by atoms with Crippen LogP contribution >= 0.6 is 15.9 Å². The van der Waals surface area contributed by atoms with E-state index in [9.17, 15) is 24.5 Å². The van der Waals surface area contributed by atoms with Crippen molar-refractivity contribution in [3.63, 3.8) is 0 Å². The molecule has 6 rings (SSSR count). The van der Waals surface area contributed by atoms with E-state index in [2.05, 4.69) is 15.9 Å². The van der Waals surface area contributed by atoms with Crippen molar-refractivity contribution in [1.29, 1.82) is 0 Å². The minimum atomic E-state index is -0.942. The number of benzene rings is 3. The van der Waals surface area contributed by atoms with Crippen LogP contribution in [0.3, 0.4) is 0 Å². The predicted molar refractivity (Wildman–Crippen MR) is 141 cm³/mol. The lowest BCUT2D eigenvalue weighted by molar-refractivity contribution is -0.384. The quantitative estimate of drug-likeness (QED) is 0.195. The Morgan fingerprint density at radius 1 is 0.946 bits per heavy atom. The van der Waals surface area contributed by atoms with Gasteiger partial charge in [-0.2, -0.15) is 0 Å². The summed E-state index contributed by atoms with van der Waals surface area (Å²) in [6.07, 6.45) is 3.79. The number of carbonyl (C=O) groups is 3. The van der Waals surface area contributed by atoms with Gasteiger partial charge in [-0.15, -0.1) is 0 Å². The first kappa shape index (κ1) is 23.3. The predicted octanol–water partition coefficient (Wildman–Crippen LogP) is 4.94. The van der Waals surface area contributed by atoms with Crippen molar-refractivity contribution in [2.24, 2.45) is 11.8 Å². The molecule has 2 amide bonds. The van der Waals surface area contributed by atoms with Gasteiger partial charge < -0.3 is 4.90 Å². The maximum atomic E-state index is 14.0. The van der Waals surface area contributed by atoms with Crippen LogP contribution in [0.4, 0.5) is 17.1 Å². The van der Waals surface area contributed by atoms with Gasteiger partial charge in [-0.3, -0.25) is 24.5 Å². The SMILES string of the molecule is Cc1ccc([N+](=O)[O-])cc1N1C(=O)[C@@H]2[C@@H](C1=O)[C@@H]1C=Cc3ccccc3N1[C@@H]2C(=O)c1ccc(Br)cc1. The molecule has 8 nitrogen and oxygen atoms in total. The van der Waals surface area contributed by atoms with E-state index in [4.69, 9.17) is 0 Å². The molecule has 3 aliphatic rings. The number of nitro benzene ring substituents is 1. The summed E-state index contributed by atoms with van der Waals surface area (Å²) in [6, 6.07) is 17.2. The summed E-state index contributed by atoms with van der Waals surface area (Å²) in [4.78, 5) is 55.7. The van der Waals surface area contributed by atoms with E-state index in [1.54, 1.807) is 31.2 Å². The number of hydrogen-bond donors (Lipinski definition) is 0. The van der Waals surface area contributed by atoms with E-state index in [-0.39, 0.29) is 17.2 Å². The molecule has 3 aromatic rings. The van der Waals surface area contributed by atoms with Gasteiger partial charge in [-0.1, -0.05) is 64.5 Å². The number of para-hydroxylation sites is 1. The molecule has 0 unspecified atom stereocenters. The molecule has 0 saturated carbocycles. The largest absolute Gasteiger partial charge is 0.352 e. The average Bonchev–Trinajstić information content (AvgIpc) is 3.37. The van der Waals surface area contributed by atoms with Gasteiger partial charge in [0.05, 0.1) is 28.5 Å². The van der Waals surface area contributed by atoms with Crippen molar-refractivity contribution in [2.45, 2.75) is 19.0 Å². The lowest BCUT2D eigenvalue weighted by atomic mass is 9.86. The molecule has 3 aliphatic heterocycles. The van der Waals surface area contributed by atoms with Crippen LogP contribution in [0.5, 0.6) is 0 Å². The van der Waals surface area contributed by atoms with Crippen molar-refractivity contribution >= 4 is 56.7 Å². The maximum Gasteiger partial charge on any atom is 0.271 e. The van der Waals surface area contributed by atoms with Crippen LogP contribution < -0.4 is 9.80 Å². The number of imide groups is 1. The number of non-ortho nitro benzene ring substituents is 1. The molecule has 2 fully saturated rings. The summed E-state index contributed by atoms with van der Waals surface area (Å²) in [5, 5.41) is 11.4. The smallest absolute Gasteiger partial charge is 0.271 e. The molecule has 2 saturated heterocycles. The number of Topliss-reactive ketones (excluding diaryl/α,β-unsaturated/α-hetero) is 1. The summed E-state index contributed by atoms with van der Waals surface area (Å²) in [5.74, 6) is -2.98. The Hall–Kier alpha value is -4.11. The highest BCUT2D eigenvalue weighted by Gasteiger charge is 2.64. The monoisotopic (exact) mass is 557 g/mol. The molecule has 0 spiro atoms. The van der Waals surface area contributed by atoms with Crippen molar-refractivity contribution in [3.05, 3.63) is 104 Å². The number of anilines is 2. The van der Waals surface area contributed by atoms with E-state index >= 15 is 0 Å². The molecule has 3 heterocycles. The Kier molecular flexibility index (Phi) is 5.34. The van der Waals surface area contributed by atoms with Crippen LogP contribution in [0.15, 0.2) is 77.3 Å². The van der Waals surface area contributed by atoms with Gasteiger partial charge in [0.15, 0.2) is 5.78 Å². The highest BCUT2D eigenvalue weighted by atomic mass is 79.9. The number of nitro groups is 1. The average molecular weight is 558 g/mol. The van der Waals surface area contributed by atoms with Crippen molar-refractivity contribution in [2.75, 3.05) is 9.80 Å². The third kappa shape index (κ3) is 3.45. The number of fused-ring (bicyclic) bond motifs is 5. The van der Waals surface area contributed by atoms with Gasteiger partial charge in [0.2, 0.25) is 11.8 Å².